The lowest BCUT2D eigenvalue weighted by Crippen LogP contribution is -2.47. The fourth-order valence-electron chi connectivity index (χ4n) is 3.42. The van der Waals surface area contributed by atoms with Gasteiger partial charge >= 0.3 is 0 Å². The summed E-state index contributed by atoms with van der Waals surface area (Å²) in [5.41, 5.74) is 2.28. The smallest absolute Gasteiger partial charge is 0.266 e. The molecule has 2 atom stereocenters. The van der Waals surface area contributed by atoms with Crippen LogP contribution in [0.25, 0.3) is 0 Å². The summed E-state index contributed by atoms with van der Waals surface area (Å²) >= 11 is 1.38. The Morgan fingerprint density at radius 3 is 2.60 bits per heavy atom. The van der Waals surface area contributed by atoms with Crippen LogP contribution in [-0.4, -0.2) is 23.7 Å². The second-order valence-electron chi connectivity index (χ2n) is 6.00. The predicted molar refractivity (Wildman–Crippen MR) is 98.9 cm³/mol. The highest BCUT2D eigenvalue weighted by atomic mass is 32.2. The van der Waals surface area contributed by atoms with Crippen LogP contribution in [0.5, 0.6) is 5.75 Å². The van der Waals surface area contributed by atoms with Gasteiger partial charge in [-0.15, -0.1) is 11.8 Å². The minimum atomic E-state index is -1.06. The van der Waals surface area contributed by atoms with Crippen molar-refractivity contribution in [3.05, 3.63) is 54.1 Å². The molecule has 25 heavy (non-hydrogen) atoms. The van der Waals surface area contributed by atoms with Gasteiger partial charge in [-0.2, -0.15) is 0 Å². The lowest BCUT2D eigenvalue weighted by molar-refractivity contribution is -0.122. The third-order valence-electron chi connectivity index (χ3n) is 4.48. The molecule has 0 aromatic heterocycles. The highest BCUT2D eigenvalue weighted by molar-refractivity contribution is 8.03. The molecular formula is C19H18N2O3S. The summed E-state index contributed by atoms with van der Waals surface area (Å²) in [4.78, 5) is 26.4. The van der Waals surface area contributed by atoms with Crippen molar-refractivity contribution in [3.63, 3.8) is 0 Å². The quantitative estimate of drug-likeness (QED) is 0.918. The molecule has 0 bridgehead atoms. The first-order valence-corrected chi connectivity index (χ1v) is 9.11. The van der Waals surface area contributed by atoms with Crippen LogP contribution < -0.4 is 15.0 Å². The van der Waals surface area contributed by atoms with Crippen LogP contribution in [0, 0.1) is 0 Å². The van der Waals surface area contributed by atoms with E-state index in [1.54, 1.807) is 4.90 Å². The number of anilines is 2. The third kappa shape index (κ3) is 2.24. The van der Waals surface area contributed by atoms with Crippen molar-refractivity contribution in [1.82, 2.24) is 0 Å². The van der Waals surface area contributed by atoms with Gasteiger partial charge in [0.15, 0.2) is 0 Å². The molecule has 2 aromatic rings. The molecule has 128 valence electrons. The Morgan fingerprint density at radius 1 is 1.16 bits per heavy atom. The number of rotatable bonds is 3. The number of fused-ring (bicyclic) bond motifs is 2. The number of amides is 2. The highest BCUT2D eigenvalue weighted by Gasteiger charge is 2.60. The Morgan fingerprint density at radius 2 is 1.88 bits per heavy atom. The van der Waals surface area contributed by atoms with Crippen LogP contribution in [0.4, 0.5) is 11.4 Å². The largest absolute Gasteiger partial charge is 0.494 e. The molecule has 2 aliphatic rings. The Balaban J connectivity index is 1.84. The number of hydrogen-bond donors (Lipinski definition) is 1. The average Bonchev–Trinajstić information content (AvgIpc) is 3.04. The van der Waals surface area contributed by atoms with E-state index < -0.39 is 4.87 Å². The first-order valence-electron chi connectivity index (χ1n) is 8.23. The van der Waals surface area contributed by atoms with Gasteiger partial charge in [0.1, 0.15) is 5.75 Å². The van der Waals surface area contributed by atoms with E-state index in [1.807, 2.05) is 62.4 Å². The van der Waals surface area contributed by atoms with Crippen LogP contribution >= 0.6 is 11.8 Å². The molecule has 1 N–H and O–H groups in total. The van der Waals surface area contributed by atoms with Crippen molar-refractivity contribution < 1.29 is 14.3 Å². The van der Waals surface area contributed by atoms with E-state index in [2.05, 4.69) is 5.32 Å². The van der Waals surface area contributed by atoms with Gasteiger partial charge in [0.2, 0.25) is 10.8 Å². The van der Waals surface area contributed by atoms with E-state index in [-0.39, 0.29) is 17.1 Å². The number of para-hydroxylation sites is 1. The zero-order valence-corrected chi connectivity index (χ0v) is 14.8. The fraction of sp³-hybridized carbons (Fsp3) is 0.263. The van der Waals surface area contributed by atoms with Crippen LogP contribution in [-0.2, 0) is 14.5 Å². The molecule has 0 unspecified atom stereocenters. The van der Waals surface area contributed by atoms with Crippen LogP contribution in [0.1, 0.15) is 19.4 Å². The first-order chi connectivity index (χ1) is 12.1. The van der Waals surface area contributed by atoms with Crippen molar-refractivity contribution in [2.75, 3.05) is 16.8 Å². The monoisotopic (exact) mass is 354 g/mol. The number of nitrogens with zero attached hydrogens (tertiary/aromatic N) is 1. The van der Waals surface area contributed by atoms with E-state index in [9.17, 15) is 9.59 Å². The zero-order chi connectivity index (χ0) is 17.6. The van der Waals surface area contributed by atoms with Gasteiger partial charge in [-0.3, -0.25) is 14.5 Å². The van der Waals surface area contributed by atoms with Crippen molar-refractivity contribution in [2.45, 2.75) is 24.0 Å². The number of carbonyl (C=O) groups is 2. The summed E-state index contributed by atoms with van der Waals surface area (Å²) in [7, 11) is 0. The molecule has 2 aliphatic heterocycles. The van der Waals surface area contributed by atoms with Crippen LogP contribution in [0.3, 0.4) is 0 Å². The van der Waals surface area contributed by atoms with Crippen LogP contribution in [0.2, 0.25) is 0 Å². The number of carbonyl (C=O) groups excluding carboxylic acids is 2. The number of benzene rings is 2. The molecule has 2 amide bonds. The summed E-state index contributed by atoms with van der Waals surface area (Å²) in [6.07, 6.45) is 0. The molecule has 2 aromatic carbocycles. The molecule has 0 aliphatic carbocycles. The predicted octanol–water partition coefficient (Wildman–Crippen LogP) is 3.36. The second kappa shape index (κ2) is 5.81. The van der Waals surface area contributed by atoms with Gasteiger partial charge in [0, 0.05) is 16.9 Å². The molecule has 2 heterocycles. The normalized spacial score (nSPS) is 24.6. The number of thioether (sulfide) groups is 1. The Hall–Kier alpha value is -2.47. The summed E-state index contributed by atoms with van der Waals surface area (Å²) in [5, 5.41) is 2.62. The standard InChI is InChI=1S/C19H18N2O3S/c1-3-24-14-10-8-13(9-11-14)21-17(22)12(2)25-19(21)15-6-4-5-7-16(15)20-18(19)23/h4-12H,3H2,1-2H3,(H,20,23)/t12-,19-/m1/s1. The summed E-state index contributed by atoms with van der Waals surface area (Å²) in [6, 6.07) is 14.9. The maximum absolute atomic E-state index is 12.9. The number of nitrogens with one attached hydrogen (secondary N) is 1. The maximum atomic E-state index is 12.9. The van der Waals surface area contributed by atoms with E-state index in [4.69, 9.17) is 4.74 Å². The Bertz CT molecular complexity index is 852. The number of hydrogen-bond acceptors (Lipinski definition) is 4. The topological polar surface area (TPSA) is 58.6 Å². The molecule has 1 spiro atoms. The molecular weight excluding hydrogens is 336 g/mol. The molecule has 6 heteroatoms. The molecule has 0 saturated carbocycles. The summed E-state index contributed by atoms with van der Waals surface area (Å²) in [6.45, 7) is 4.34. The van der Waals surface area contributed by atoms with Crippen molar-refractivity contribution in [1.29, 1.82) is 0 Å². The summed E-state index contributed by atoms with van der Waals surface area (Å²) in [5.74, 6) is 0.496. The van der Waals surface area contributed by atoms with Crippen molar-refractivity contribution in [3.8, 4) is 5.75 Å². The molecule has 1 fully saturated rings. The van der Waals surface area contributed by atoms with Gasteiger partial charge in [0.25, 0.3) is 5.91 Å². The van der Waals surface area contributed by atoms with E-state index in [1.165, 1.54) is 11.8 Å². The Kier molecular flexibility index (Phi) is 3.72. The molecule has 0 radical (unpaired) electrons. The minimum absolute atomic E-state index is 0.0685. The molecule has 5 nitrogen and oxygen atoms in total. The average molecular weight is 354 g/mol. The second-order valence-corrected chi connectivity index (χ2v) is 7.54. The van der Waals surface area contributed by atoms with Gasteiger partial charge in [-0.25, -0.2) is 0 Å². The lowest BCUT2D eigenvalue weighted by atomic mass is 10.0. The first kappa shape index (κ1) is 16.0. The SMILES string of the molecule is CCOc1ccc(N2C(=O)[C@@H](C)S[C@]23C(=O)Nc2ccccc23)cc1. The lowest BCUT2D eigenvalue weighted by Gasteiger charge is -2.32. The number of ether oxygens (including phenoxy) is 1. The summed E-state index contributed by atoms with van der Waals surface area (Å²) < 4.78 is 5.48. The van der Waals surface area contributed by atoms with Crippen LogP contribution in [0.15, 0.2) is 48.5 Å². The van der Waals surface area contributed by atoms with E-state index >= 15 is 0 Å². The van der Waals surface area contributed by atoms with Crippen molar-refractivity contribution in [2.24, 2.45) is 0 Å². The van der Waals surface area contributed by atoms with E-state index in [0.717, 1.165) is 17.0 Å². The van der Waals surface area contributed by atoms with Gasteiger partial charge in [0.05, 0.1) is 11.9 Å². The van der Waals surface area contributed by atoms with Crippen molar-refractivity contribution >= 4 is 35.0 Å². The molecule has 1 saturated heterocycles. The van der Waals surface area contributed by atoms with Gasteiger partial charge in [-0.1, -0.05) is 18.2 Å². The minimum Gasteiger partial charge on any atom is -0.494 e. The van der Waals surface area contributed by atoms with Gasteiger partial charge in [-0.05, 0) is 44.2 Å². The molecule has 4 rings (SSSR count). The Labute approximate surface area is 150 Å². The maximum Gasteiger partial charge on any atom is 0.266 e. The third-order valence-corrected chi connectivity index (χ3v) is 5.97. The van der Waals surface area contributed by atoms with E-state index in [0.29, 0.717) is 12.3 Å². The highest BCUT2D eigenvalue weighted by Crippen LogP contribution is 2.55. The van der Waals surface area contributed by atoms with Gasteiger partial charge < -0.3 is 10.1 Å². The fourth-order valence-corrected chi connectivity index (χ4v) is 4.90. The zero-order valence-electron chi connectivity index (χ0n) is 14.0.